The maximum absolute atomic E-state index is 11.8. The normalized spacial score (nSPS) is 14.6. The van der Waals surface area contributed by atoms with Gasteiger partial charge in [-0.15, -0.1) is 11.3 Å². The number of hydrogen-bond acceptors (Lipinski definition) is 5. The van der Waals surface area contributed by atoms with Crippen molar-refractivity contribution in [2.75, 3.05) is 13.1 Å². The van der Waals surface area contributed by atoms with E-state index in [0.29, 0.717) is 13.1 Å². The van der Waals surface area contributed by atoms with Crippen molar-refractivity contribution >= 4 is 27.6 Å². The van der Waals surface area contributed by atoms with Crippen LogP contribution in [-0.4, -0.2) is 29.8 Å². The quantitative estimate of drug-likeness (QED) is 0.907. The Balaban J connectivity index is 2.12. The summed E-state index contributed by atoms with van der Waals surface area (Å²) in [6.45, 7) is 8.29. The minimum Gasteiger partial charge on any atom is -0.444 e. The predicted molar refractivity (Wildman–Crippen MR) is 90.3 cm³/mol. The Morgan fingerprint density at radius 2 is 2.00 bits per heavy atom. The third-order valence-electron chi connectivity index (χ3n) is 3.28. The minimum atomic E-state index is -0.515. The average Bonchev–Trinajstić information content (AvgIpc) is 2.87. The summed E-state index contributed by atoms with van der Waals surface area (Å²) in [5, 5.41) is 3.72. The lowest BCUT2D eigenvalue weighted by Gasteiger charge is -2.27. The number of benzene rings is 1. The first-order chi connectivity index (χ1) is 10.2. The Kier molecular flexibility index (Phi) is 4.72. The van der Waals surface area contributed by atoms with Gasteiger partial charge in [0.25, 0.3) is 0 Å². The molecule has 0 fully saturated rings. The number of thiazole rings is 1. The summed E-state index contributed by atoms with van der Waals surface area (Å²) in [6.07, 6.45) is -0.437. The van der Waals surface area contributed by atoms with Gasteiger partial charge in [0.1, 0.15) is 10.6 Å². The number of rotatable bonds is 4. The van der Waals surface area contributed by atoms with Crippen LogP contribution in [0.25, 0.3) is 10.2 Å². The third kappa shape index (κ3) is 3.96. The number of nitrogens with zero attached hydrogens (tertiary/aromatic N) is 1. The average molecular weight is 321 g/mol. The van der Waals surface area contributed by atoms with Gasteiger partial charge in [-0.25, -0.2) is 9.78 Å². The first-order valence-electron chi connectivity index (χ1n) is 7.26. The second-order valence-corrected chi connectivity index (χ2v) is 7.64. The monoisotopic (exact) mass is 321 g/mol. The lowest BCUT2D eigenvalue weighted by molar-refractivity contribution is 0.0516. The molecule has 1 heterocycles. The zero-order valence-corrected chi connectivity index (χ0v) is 14.3. The van der Waals surface area contributed by atoms with E-state index in [1.54, 1.807) is 11.3 Å². The number of nitrogens with two attached hydrogens (primary N) is 1. The molecule has 5 nitrogen and oxygen atoms in total. The van der Waals surface area contributed by atoms with E-state index in [-0.39, 0.29) is 0 Å². The fourth-order valence-corrected chi connectivity index (χ4v) is 3.07. The molecular weight excluding hydrogens is 298 g/mol. The van der Waals surface area contributed by atoms with Gasteiger partial charge in [-0.1, -0.05) is 19.1 Å². The second-order valence-electron chi connectivity index (χ2n) is 6.61. The van der Waals surface area contributed by atoms with E-state index in [0.717, 1.165) is 15.2 Å². The molecule has 6 heteroatoms. The lowest BCUT2D eigenvalue weighted by Crippen LogP contribution is -2.45. The third-order valence-corrected chi connectivity index (χ3v) is 4.63. The van der Waals surface area contributed by atoms with Crippen LogP contribution in [0.1, 0.15) is 32.7 Å². The van der Waals surface area contributed by atoms with E-state index >= 15 is 0 Å². The largest absolute Gasteiger partial charge is 0.444 e. The highest BCUT2D eigenvalue weighted by Crippen LogP contribution is 2.30. The number of nitrogens with one attached hydrogen (secondary N) is 1. The van der Waals surface area contributed by atoms with Gasteiger partial charge in [0.2, 0.25) is 0 Å². The minimum absolute atomic E-state index is 0.387. The van der Waals surface area contributed by atoms with Crippen LogP contribution in [0.2, 0.25) is 0 Å². The van der Waals surface area contributed by atoms with Gasteiger partial charge in [0, 0.05) is 18.5 Å². The van der Waals surface area contributed by atoms with Gasteiger partial charge in [0.05, 0.1) is 10.2 Å². The summed E-state index contributed by atoms with van der Waals surface area (Å²) in [5.74, 6) is 0. The molecule has 1 aromatic heterocycles. The highest BCUT2D eigenvalue weighted by atomic mass is 32.1. The Bertz CT molecular complexity index is 630. The van der Waals surface area contributed by atoms with Gasteiger partial charge >= 0.3 is 6.09 Å². The first-order valence-corrected chi connectivity index (χ1v) is 8.08. The highest BCUT2D eigenvalue weighted by molar-refractivity contribution is 7.18. The summed E-state index contributed by atoms with van der Waals surface area (Å²) >= 11 is 1.61. The van der Waals surface area contributed by atoms with Crippen LogP contribution < -0.4 is 11.1 Å². The zero-order chi connectivity index (χ0) is 16.4. The number of ether oxygens (including phenoxy) is 1. The number of para-hydroxylation sites is 1. The van der Waals surface area contributed by atoms with E-state index in [9.17, 15) is 4.79 Å². The van der Waals surface area contributed by atoms with Crippen LogP contribution in [0.4, 0.5) is 4.79 Å². The first kappa shape index (κ1) is 16.7. The molecule has 0 aliphatic rings. The Morgan fingerprint density at radius 3 is 2.59 bits per heavy atom. The van der Waals surface area contributed by atoms with Gasteiger partial charge in [-0.05, 0) is 32.9 Å². The van der Waals surface area contributed by atoms with E-state index in [1.165, 1.54) is 0 Å². The van der Waals surface area contributed by atoms with Gasteiger partial charge < -0.3 is 15.8 Å². The smallest absolute Gasteiger partial charge is 0.407 e. The molecule has 0 spiro atoms. The zero-order valence-electron chi connectivity index (χ0n) is 13.5. The van der Waals surface area contributed by atoms with Crippen molar-refractivity contribution < 1.29 is 9.53 Å². The van der Waals surface area contributed by atoms with Crippen molar-refractivity contribution in [3.05, 3.63) is 29.3 Å². The lowest BCUT2D eigenvalue weighted by atomic mass is 9.91. The van der Waals surface area contributed by atoms with Crippen LogP contribution >= 0.6 is 11.3 Å². The Morgan fingerprint density at radius 1 is 1.32 bits per heavy atom. The van der Waals surface area contributed by atoms with Crippen molar-refractivity contribution in [1.82, 2.24) is 10.3 Å². The summed E-state index contributed by atoms with van der Waals surface area (Å²) in [7, 11) is 0. The molecule has 1 atom stereocenters. The van der Waals surface area contributed by atoms with Crippen molar-refractivity contribution in [3.8, 4) is 0 Å². The number of fused-ring (bicyclic) bond motifs is 1. The molecule has 0 saturated carbocycles. The van der Waals surface area contributed by atoms with Crippen molar-refractivity contribution in [2.24, 2.45) is 5.73 Å². The standard InChI is InChI=1S/C16H23N3O2S/c1-15(2,3)21-14(20)18-10-16(4,9-17)13-19-11-7-5-6-8-12(11)22-13/h5-8H,9-10,17H2,1-4H3,(H,18,20). The number of hydrogen-bond donors (Lipinski definition) is 2. The predicted octanol–water partition coefficient (Wildman–Crippen LogP) is 3.04. The van der Waals surface area contributed by atoms with Crippen LogP contribution in [0.3, 0.4) is 0 Å². The molecule has 22 heavy (non-hydrogen) atoms. The fraction of sp³-hybridized carbons (Fsp3) is 0.500. The molecule has 2 rings (SSSR count). The van der Waals surface area contributed by atoms with Crippen LogP contribution in [0.5, 0.6) is 0 Å². The summed E-state index contributed by atoms with van der Waals surface area (Å²) in [6, 6.07) is 7.97. The van der Waals surface area contributed by atoms with E-state index < -0.39 is 17.1 Å². The molecule has 1 aromatic carbocycles. The highest BCUT2D eigenvalue weighted by Gasteiger charge is 2.30. The van der Waals surface area contributed by atoms with Gasteiger partial charge in [-0.2, -0.15) is 0 Å². The molecule has 2 aromatic rings. The molecular formula is C16H23N3O2S. The van der Waals surface area contributed by atoms with Crippen LogP contribution in [0, 0.1) is 0 Å². The van der Waals surface area contributed by atoms with E-state index in [1.807, 2.05) is 52.0 Å². The maximum Gasteiger partial charge on any atom is 0.407 e. The number of amides is 1. The molecule has 0 saturated heterocycles. The molecule has 0 bridgehead atoms. The van der Waals surface area contributed by atoms with Gasteiger partial charge in [-0.3, -0.25) is 0 Å². The van der Waals surface area contributed by atoms with E-state index in [2.05, 4.69) is 10.3 Å². The van der Waals surface area contributed by atoms with E-state index in [4.69, 9.17) is 10.5 Å². The van der Waals surface area contributed by atoms with Crippen molar-refractivity contribution in [1.29, 1.82) is 0 Å². The molecule has 0 aliphatic heterocycles. The molecule has 1 amide bonds. The molecule has 0 aliphatic carbocycles. The Hall–Kier alpha value is -1.66. The molecule has 3 N–H and O–H groups in total. The molecule has 1 unspecified atom stereocenters. The van der Waals surface area contributed by atoms with Crippen molar-refractivity contribution in [3.63, 3.8) is 0 Å². The van der Waals surface area contributed by atoms with Crippen LogP contribution in [0.15, 0.2) is 24.3 Å². The van der Waals surface area contributed by atoms with Gasteiger partial charge in [0.15, 0.2) is 0 Å². The number of alkyl carbamates (subject to hydrolysis) is 1. The summed E-state index contributed by atoms with van der Waals surface area (Å²) in [5.41, 5.74) is 5.98. The Labute approximate surface area is 134 Å². The maximum atomic E-state index is 11.8. The number of carbonyl (C=O) groups excluding carboxylic acids is 1. The SMILES string of the molecule is CC(C)(C)OC(=O)NCC(C)(CN)c1nc2ccccc2s1. The molecule has 0 radical (unpaired) electrons. The molecule has 120 valence electrons. The number of carbonyl (C=O) groups is 1. The van der Waals surface area contributed by atoms with Crippen molar-refractivity contribution in [2.45, 2.75) is 38.7 Å². The summed E-state index contributed by atoms with van der Waals surface area (Å²) in [4.78, 5) is 16.5. The fourth-order valence-electron chi connectivity index (χ4n) is 1.95. The van der Waals surface area contributed by atoms with Crippen LogP contribution in [-0.2, 0) is 10.2 Å². The summed E-state index contributed by atoms with van der Waals surface area (Å²) < 4.78 is 6.38. The second kappa shape index (κ2) is 6.22. The number of aromatic nitrogens is 1. The topological polar surface area (TPSA) is 77.2 Å².